The van der Waals surface area contributed by atoms with Crippen LogP contribution in [0.25, 0.3) is 16.9 Å². The van der Waals surface area contributed by atoms with Crippen LogP contribution in [0.5, 0.6) is 11.5 Å². The minimum atomic E-state index is -0.378. The lowest BCUT2D eigenvalue weighted by Gasteiger charge is -2.24. The van der Waals surface area contributed by atoms with Gasteiger partial charge in [0.1, 0.15) is 23.9 Å². The summed E-state index contributed by atoms with van der Waals surface area (Å²) >= 11 is 7.75. The molecule has 2 heterocycles. The van der Waals surface area contributed by atoms with E-state index in [1.54, 1.807) is 23.8 Å². The molecule has 1 aliphatic rings. The van der Waals surface area contributed by atoms with Crippen LogP contribution in [0.3, 0.4) is 0 Å². The molecule has 0 fully saturated rings. The Morgan fingerprint density at radius 1 is 1.09 bits per heavy atom. The first-order valence-corrected chi connectivity index (χ1v) is 15.6. The number of rotatable bonds is 9. The molecule has 1 aromatic heterocycles. The number of hydrogen-bond acceptors (Lipinski definition) is 6. The number of methoxy groups -OCH3 is 2. The molecule has 0 bridgehead atoms. The van der Waals surface area contributed by atoms with Crippen molar-refractivity contribution >= 4 is 41.0 Å². The molecule has 0 saturated carbocycles. The summed E-state index contributed by atoms with van der Waals surface area (Å²) in [6.07, 6.45) is 0.778. The number of aromatic nitrogens is 2. The number of ether oxygens (including phenoxy) is 2. The number of carbonyl (C=O) groups is 2. The number of nitrogens with zero attached hydrogens (tertiary/aromatic N) is 3. The highest BCUT2D eigenvalue weighted by Gasteiger charge is 2.39. The van der Waals surface area contributed by atoms with E-state index >= 15 is 0 Å². The summed E-state index contributed by atoms with van der Waals surface area (Å²) < 4.78 is 13.2. The Morgan fingerprint density at radius 2 is 1.81 bits per heavy atom. The van der Waals surface area contributed by atoms with Gasteiger partial charge in [-0.05, 0) is 62.7 Å². The van der Waals surface area contributed by atoms with Gasteiger partial charge in [-0.1, -0.05) is 48.4 Å². The lowest BCUT2D eigenvalue weighted by Crippen LogP contribution is -2.44. The van der Waals surface area contributed by atoms with Crippen molar-refractivity contribution in [3.63, 3.8) is 0 Å². The zero-order valence-corrected chi connectivity index (χ0v) is 26.5. The number of anilines is 1. The molecule has 1 aliphatic heterocycles. The van der Waals surface area contributed by atoms with Crippen LogP contribution < -0.4 is 19.7 Å². The van der Waals surface area contributed by atoms with Crippen molar-refractivity contribution in [2.75, 3.05) is 31.4 Å². The Bertz CT molecular complexity index is 1620. The van der Waals surface area contributed by atoms with E-state index in [0.29, 0.717) is 28.0 Å². The van der Waals surface area contributed by atoms with Gasteiger partial charge in [0, 0.05) is 27.8 Å². The summed E-state index contributed by atoms with van der Waals surface area (Å²) in [5.41, 5.74) is 5.00. The number of benzene rings is 3. The highest BCUT2D eigenvalue weighted by Crippen LogP contribution is 2.51. The average molecular weight is 619 g/mol. The molecule has 5 rings (SSSR count). The van der Waals surface area contributed by atoms with E-state index in [-0.39, 0.29) is 35.4 Å². The molecular formula is C33H35ClN4O4S. The van der Waals surface area contributed by atoms with Gasteiger partial charge in [-0.3, -0.25) is 14.5 Å². The zero-order valence-electron chi connectivity index (χ0n) is 24.9. The fraction of sp³-hybridized carbons (Fsp3) is 0.303. The van der Waals surface area contributed by atoms with Crippen molar-refractivity contribution in [3.05, 3.63) is 88.4 Å². The largest absolute Gasteiger partial charge is 0.497 e. The Balaban J connectivity index is 1.82. The van der Waals surface area contributed by atoms with Crippen LogP contribution in [0.2, 0.25) is 5.02 Å². The third-order valence-corrected chi connectivity index (χ3v) is 9.01. The topological polar surface area (TPSA) is 85.7 Å². The number of hydrogen-bond donors (Lipinski definition) is 1. The number of aryl methyl sites for hydroxylation is 1. The highest BCUT2D eigenvalue weighted by atomic mass is 35.5. The van der Waals surface area contributed by atoms with Gasteiger partial charge in [0.05, 0.1) is 36.6 Å². The van der Waals surface area contributed by atoms with E-state index in [1.165, 1.54) is 11.8 Å². The molecule has 8 nitrogen and oxygen atoms in total. The molecule has 1 N–H and O–H groups in total. The van der Waals surface area contributed by atoms with Crippen LogP contribution in [0, 0.1) is 6.92 Å². The summed E-state index contributed by atoms with van der Waals surface area (Å²) in [5.74, 6) is 1.58. The van der Waals surface area contributed by atoms with Gasteiger partial charge in [0.2, 0.25) is 11.8 Å². The third kappa shape index (κ3) is 6.38. The van der Waals surface area contributed by atoms with Crippen molar-refractivity contribution in [3.8, 4) is 28.4 Å². The maximum atomic E-state index is 14.0. The molecule has 2 amide bonds. The van der Waals surface area contributed by atoms with Gasteiger partial charge in [-0.2, -0.15) is 5.10 Å². The molecule has 43 heavy (non-hydrogen) atoms. The first-order valence-electron chi connectivity index (χ1n) is 14.1. The molecular weight excluding hydrogens is 584 g/mol. The quantitative estimate of drug-likeness (QED) is 0.227. The predicted octanol–water partition coefficient (Wildman–Crippen LogP) is 6.60. The van der Waals surface area contributed by atoms with Crippen molar-refractivity contribution in [2.45, 2.75) is 38.5 Å². The van der Waals surface area contributed by atoms with Crippen molar-refractivity contribution in [2.24, 2.45) is 0 Å². The molecule has 0 spiro atoms. The fourth-order valence-corrected chi connectivity index (χ4v) is 6.40. The Hall–Kier alpha value is -3.95. The number of nitrogens with one attached hydrogen (secondary N) is 1. The van der Waals surface area contributed by atoms with Gasteiger partial charge in [-0.25, -0.2) is 4.68 Å². The second kappa shape index (κ2) is 13.1. The first kappa shape index (κ1) is 30.5. The molecule has 0 radical (unpaired) electrons. The number of halogens is 1. The van der Waals surface area contributed by atoms with E-state index in [4.69, 9.17) is 26.2 Å². The summed E-state index contributed by atoms with van der Waals surface area (Å²) in [6.45, 7) is 5.83. The molecule has 10 heteroatoms. The van der Waals surface area contributed by atoms with E-state index in [1.807, 2.05) is 87.5 Å². The van der Waals surface area contributed by atoms with Gasteiger partial charge in [0.25, 0.3) is 0 Å². The zero-order chi connectivity index (χ0) is 30.7. The average Bonchev–Trinajstić information content (AvgIpc) is 3.33. The second-order valence-corrected chi connectivity index (χ2v) is 12.0. The van der Waals surface area contributed by atoms with Crippen LogP contribution in [-0.2, 0) is 9.59 Å². The maximum Gasteiger partial charge on any atom is 0.240 e. The molecule has 2 atom stereocenters. The van der Waals surface area contributed by atoms with Crippen LogP contribution >= 0.6 is 23.4 Å². The fourth-order valence-electron chi connectivity index (χ4n) is 5.06. The SMILES string of the molecule is CC[C@H](C)NC(=O)CN1C(=O)CS[C@H](c2cc(OC)ccc2OC)c2c(-c3ccc(Cl)cc3)nn(-c3ccc(C)cc3)c21. The number of fused-ring (bicyclic) bond motifs is 1. The maximum absolute atomic E-state index is 14.0. The molecule has 4 aromatic rings. The molecule has 0 saturated heterocycles. The number of thioether (sulfide) groups is 1. The van der Waals surface area contributed by atoms with Crippen LogP contribution in [0.15, 0.2) is 66.7 Å². The molecule has 224 valence electrons. The Labute approximate surface area is 261 Å². The van der Waals surface area contributed by atoms with Gasteiger partial charge < -0.3 is 14.8 Å². The van der Waals surface area contributed by atoms with Crippen LogP contribution in [0.1, 0.15) is 42.2 Å². The van der Waals surface area contributed by atoms with E-state index in [9.17, 15) is 9.59 Å². The Morgan fingerprint density at radius 3 is 2.47 bits per heavy atom. The molecule has 0 unspecified atom stereocenters. The minimum absolute atomic E-state index is 0.0242. The van der Waals surface area contributed by atoms with Crippen LogP contribution in [-0.4, -0.2) is 54.2 Å². The van der Waals surface area contributed by atoms with Crippen molar-refractivity contribution < 1.29 is 19.1 Å². The van der Waals surface area contributed by atoms with Gasteiger partial charge in [0.15, 0.2) is 0 Å². The second-order valence-electron chi connectivity index (χ2n) is 10.5. The summed E-state index contributed by atoms with van der Waals surface area (Å²) in [5, 5.41) is 8.38. The molecule has 3 aromatic carbocycles. The first-order chi connectivity index (χ1) is 20.7. The van der Waals surface area contributed by atoms with E-state index < -0.39 is 0 Å². The van der Waals surface area contributed by atoms with Crippen LogP contribution in [0.4, 0.5) is 5.82 Å². The lowest BCUT2D eigenvalue weighted by atomic mass is 9.98. The monoisotopic (exact) mass is 618 g/mol. The minimum Gasteiger partial charge on any atom is -0.497 e. The lowest BCUT2D eigenvalue weighted by molar-refractivity contribution is -0.123. The van der Waals surface area contributed by atoms with Crippen molar-refractivity contribution in [1.29, 1.82) is 0 Å². The van der Waals surface area contributed by atoms with Gasteiger partial charge in [-0.15, -0.1) is 11.8 Å². The van der Waals surface area contributed by atoms with E-state index in [0.717, 1.165) is 34.4 Å². The van der Waals surface area contributed by atoms with Gasteiger partial charge >= 0.3 is 0 Å². The summed E-state index contributed by atoms with van der Waals surface area (Å²) in [6, 6.07) is 21.0. The predicted molar refractivity (Wildman–Crippen MR) is 173 cm³/mol. The van der Waals surface area contributed by atoms with E-state index in [2.05, 4.69) is 5.32 Å². The summed E-state index contributed by atoms with van der Waals surface area (Å²) in [4.78, 5) is 28.8. The Kier molecular flexibility index (Phi) is 9.32. The number of carbonyl (C=O) groups excluding carboxylic acids is 2. The standard InChI is InChI=1S/C33H35ClN4O4S/c1-6-21(3)35-28(39)18-37-29(40)19-43-32(26-17-25(41-4)15-16-27(26)42-5)30-31(22-9-11-23(34)12-10-22)36-38(33(30)37)24-13-7-20(2)8-14-24/h7-17,21,32H,6,18-19H2,1-5H3,(H,35,39)/t21-,32+/m0/s1. The third-order valence-electron chi connectivity index (χ3n) is 7.53. The normalized spacial score (nSPS) is 15.4. The van der Waals surface area contributed by atoms with Crippen molar-refractivity contribution in [1.82, 2.24) is 15.1 Å². The summed E-state index contributed by atoms with van der Waals surface area (Å²) in [7, 11) is 3.24. The molecule has 0 aliphatic carbocycles. The number of amides is 2. The smallest absolute Gasteiger partial charge is 0.240 e. The highest BCUT2D eigenvalue weighted by molar-refractivity contribution is 8.00.